The summed E-state index contributed by atoms with van der Waals surface area (Å²) in [4.78, 5) is 9.01. The molecule has 0 unspecified atom stereocenters. The summed E-state index contributed by atoms with van der Waals surface area (Å²) < 4.78 is 11.0. The van der Waals surface area contributed by atoms with Gasteiger partial charge in [0.05, 0.1) is 0 Å². The highest BCUT2D eigenvalue weighted by Crippen LogP contribution is 2.36. The number of rotatable bonds is 3. The third-order valence-corrected chi connectivity index (χ3v) is 3.47. The second kappa shape index (κ2) is 5.27. The summed E-state index contributed by atoms with van der Waals surface area (Å²) >= 11 is 0. The highest BCUT2D eigenvalue weighted by molar-refractivity contribution is 6.10. The topological polar surface area (TPSA) is 55.7 Å². The van der Waals surface area contributed by atoms with Gasteiger partial charge in [-0.2, -0.15) is 0 Å². The summed E-state index contributed by atoms with van der Waals surface area (Å²) in [6.07, 6.45) is 0. The van der Waals surface area contributed by atoms with Gasteiger partial charge in [0.2, 0.25) is 0 Å². The van der Waals surface area contributed by atoms with Crippen molar-refractivity contribution in [3.8, 4) is 0 Å². The Morgan fingerprint density at radius 1 is 1.00 bits per heavy atom. The zero-order valence-electron chi connectivity index (χ0n) is 12.3. The summed E-state index contributed by atoms with van der Waals surface area (Å²) in [6.45, 7) is 1.95. The van der Waals surface area contributed by atoms with E-state index in [1.165, 1.54) is 0 Å². The monoisotopic (exact) mass is 283 g/mol. The summed E-state index contributed by atoms with van der Waals surface area (Å²) in [5.41, 5.74) is 2.77. The number of ether oxygens (including phenoxy) is 2. The van der Waals surface area contributed by atoms with E-state index in [1.54, 1.807) is 14.2 Å². The Balaban J connectivity index is 2.03. The lowest BCUT2D eigenvalue weighted by atomic mass is 10.1. The van der Waals surface area contributed by atoms with Gasteiger partial charge < -0.3 is 14.8 Å². The lowest BCUT2D eigenvalue weighted by Gasteiger charge is -2.23. The Hall–Kier alpha value is -2.24. The molecule has 5 nitrogen and oxygen atoms in total. The number of pyridine rings is 1. The van der Waals surface area contributed by atoms with Crippen molar-refractivity contribution in [2.45, 2.75) is 12.8 Å². The fourth-order valence-corrected chi connectivity index (χ4v) is 2.46. The predicted octanol–water partition coefficient (Wildman–Crippen LogP) is 2.67. The predicted molar refractivity (Wildman–Crippen MR) is 81.3 cm³/mol. The Morgan fingerprint density at radius 2 is 1.76 bits per heavy atom. The number of methoxy groups -OCH3 is 2. The van der Waals surface area contributed by atoms with Crippen LogP contribution in [0.3, 0.4) is 0 Å². The van der Waals surface area contributed by atoms with Crippen molar-refractivity contribution >= 4 is 11.7 Å². The summed E-state index contributed by atoms with van der Waals surface area (Å²) in [5, 5.41) is 3.24. The van der Waals surface area contributed by atoms with Gasteiger partial charge in [0.25, 0.3) is 5.91 Å². The number of aromatic nitrogens is 1. The van der Waals surface area contributed by atoms with Gasteiger partial charge >= 0.3 is 0 Å². The molecule has 1 N–H and O–H groups in total. The third kappa shape index (κ3) is 2.30. The highest BCUT2D eigenvalue weighted by atomic mass is 16.7. The van der Waals surface area contributed by atoms with Crippen LogP contribution in [0.2, 0.25) is 0 Å². The molecule has 21 heavy (non-hydrogen) atoms. The van der Waals surface area contributed by atoms with Crippen molar-refractivity contribution in [3.05, 3.63) is 59.3 Å². The Bertz CT molecular complexity index is 693. The average molecular weight is 283 g/mol. The van der Waals surface area contributed by atoms with Crippen LogP contribution in [-0.2, 0) is 15.4 Å². The largest absolute Gasteiger partial charge is 0.331 e. The minimum Gasteiger partial charge on any atom is -0.331 e. The lowest BCUT2D eigenvalue weighted by Crippen LogP contribution is -2.26. The van der Waals surface area contributed by atoms with Crippen LogP contribution < -0.4 is 5.32 Å². The Morgan fingerprint density at radius 3 is 2.48 bits per heavy atom. The molecule has 0 amide bonds. The first-order chi connectivity index (χ1) is 10.2. The van der Waals surface area contributed by atoms with E-state index in [0.717, 1.165) is 22.6 Å². The van der Waals surface area contributed by atoms with Gasteiger partial charge in [0.1, 0.15) is 11.7 Å². The fourth-order valence-electron chi connectivity index (χ4n) is 2.46. The van der Waals surface area contributed by atoms with E-state index in [-0.39, 0.29) is 0 Å². The fraction of sp³-hybridized carbons (Fsp3) is 0.250. The first-order valence-electron chi connectivity index (χ1n) is 6.69. The number of aliphatic imine (C=N–C) groups is 1. The second-order valence-electron chi connectivity index (χ2n) is 4.79. The van der Waals surface area contributed by atoms with Gasteiger partial charge in [-0.25, -0.2) is 9.98 Å². The maximum atomic E-state index is 5.50. The minimum absolute atomic E-state index is 0.687. The molecule has 3 rings (SSSR count). The SMILES string of the molecule is COC1(OC)N=C(Nc2cccc(C)n2)c2ccccc21. The van der Waals surface area contributed by atoms with Crippen LogP contribution in [-0.4, -0.2) is 25.0 Å². The van der Waals surface area contributed by atoms with Gasteiger partial charge in [-0.05, 0) is 19.1 Å². The number of hydrogen-bond donors (Lipinski definition) is 1. The molecular weight excluding hydrogens is 266 g/mol. The van der Waals surface area contributed by atoms with Gasteiger partial charge in [0, 0.05) is 31.0 Å². The number of hydrogen-bond acceptors (Lipinski definition) is 5. The van der Waals surface area contributed by atoms with Gasteiger partial charge in [-0.1, -0.05) is 30.3 Å². The maximum absolute atomic E-state index is 5.50. The average Bonchev–Trinajstić information content (AvgIpc) is 2.82. The first-order valence-corrected chi connectivity index (χ1v) is 6.69. The molecule has 2 heterocycles. The molecule has 0 aliphatic carbocycles. The number of nitrogens with zero attached hydrogens (tertiary/aromatic N) is 2. The summed E-state index contributed by atoms with van der Waals surface area (Å²) in [7, 11) is 3.16. The van der Waals surface area contributed by atoms with E-state index in [1.807, 2.05) is 49.4 Å². The number of amidine groups is 1. The van der Waals surface area contributed by atoms with E-state index in [4.69, 9.17) is 9.47 Å². The molecule has 0 saturated carbocycles. The molecule has 0 atom stereocenters. The maximum Gasteiger partial charge on any atom is 0.300 e. The van der Waals surface area contributed by atoms with Crippen LogP contribution in [0.25, 0.3) is 0 Å². The van der Waals surface area contributed by atoms with Crippen molar-refractivity contribution in [1.82, 2.24) is 4.98 Å². The molecule has 0 radical (unpaired) electrons. The van der Waals surface area contributed by atoms with Crippen molar-refractivity contribution < 1.29 is 9.47 Å². The molecule has 1 aromatic carbocycles. The Labute approximate surface area is 123 Å². The molecule has 0 bridgehead atoms. The molecule has 1 aliphatic heterocycles. The molecule has 0 saturated heterocycles. The molecule has 5 heteroatoms. The normalized spacial score (nSPS) is 15.5. The number of fused-ring (bicyclic) bond motifs is 1. The van der Waals surface area contributed by atoms with E-state index >= 15 is 0 Å². The van der Waals surface area contributed by atoms with E-state index < -0.39 is 5.91 Å². The van der Waals surface area contributed by atoms with Crippen LogP contribution in [0.1, 0.15) is 16.8 Å². The zero-order valence-corrected chi connectivity index (χ0v) is 12.3. The molecule has 108 valence electrons. The van der Waals surface area contributed by atoms with E-state index in [0.29, 0.717) is 5.84 Å². The van der Waals surface area contributed by atoms with Crippen molar-refractivity contribution in [2.75, 3.05) is 19.5 Å². The summed E-state index contributed by atoms with van der Waals surface area (Å²) in [6, 6.07) is 13.6. The third-order valence-electron chi connectivity index (χ3n) is 3.47. The van der Waals surface area contributed by atoms with Crippen LogP contribution in [0.15, 0.2) is 47.5 Å². The van der Waals surface area contributed by atoms with Crippen LogP contribution >= 0.6 is 0 Å². The quantitative estimate of drug-likeness (QED) is 0.880. The summed E-state index contributed by atoms with van der Waals surface area (Å²) in [5.74, 6) is 0.335. The van der Waals surface area contributed by atoms with Crippen LogP contribution in [0.5, 0.6) is 0 Å². The highest BCUT2D eigenvalue weighted by Gasteiger charge is 2.40. The van der Waals surface area contributed by atoms with Crippen LogP contribution in [0.4, 0.5) is 5.82 Å². The standard InChI is InChI=1S/C16H17N3O2/c1-11-7-6-10-14(17-11)18-15-12-8-4-5-9-13(12)16(19-15,20-2)21-3/h4-10H,1-3H3,(H,17,18,19). The first kappa shape index (κ1) is 13.7. The van der Waals surface area contributed by atoms with Crippen molar-refractivity contribution in [2.24, 2.45) is 4.99 Å². The molecule has 0 spiro atoms. The van der Waals surface area contributed by atoms with Crippen molar-refractivity contribution in [3.63, 3.8) is 0 Å². The van der Waals surface area contributed by atoms with Gasteiger partial charge in [0.15, 0.2) is 0 Å². The van der Waals surface area contributed by atoms with E-state index in [2.05, 4.69) is 15.3 Å². The second-order valence-corrected chi connectivity index (χ2v) is 4.79. The minimum atomic E-state index is -1.09. The molecule has 1 aliphatic rings. The number of benzene rings is 1. The van der Waals surface area contributed by atoms with Crippen LogP contribution in [0, 0.1) is 6.92 Å². The van der Waals surface area contributed by atoms with Gasteiger partial charge in [-0.15, -0.1) is 0 Å². The number of aryl methyl sites for hydroxylation is 1. The number of anilines is 1. The molecule has 1 aromatic heterocycles. The molecule has 0 fully saturated rings. The van der Waals surface area contributed by atoms with Crippen molar-refractivity contribution in [1.29, 1.82) is 0 Å². The number of nitrogens with one attached hydrogen (secondary N) is 1. The van der Waals surface area contributed by atoms with Gasteiger partial charge in [-0.3, -0.25) is 0 Å². The van der Waals surface area contributed by atoms with E-state index in [9.17, 15) is 0 Å². The zero-order chi connectivity index (χ0) is 14.9. The molecule has 2 aromatic rings. The lowest BCUT2D eigenvalue weighted by molar-refractivity contribution is -0.206. The molecular formula is C16H17N3O2. The smallest absolute Gasteiger partial charge is 0.300 e. The Kier molecular flexibility index (Phi) is 3.45.